The van der Waals surface area contributed by atoms with Gasteiger partial charge in [-0.2, -0.15) is 0 Å². The number of carboxylic acid groups (broad SMARTS) is 1. The zero-order chi connectivity index (χ0) is 16.5. The second kappa shape index (κ2) is 8.78. The normalized spacial score (nSPS) is 11.5. The van der Waals surface area contributed by atoms with Crippen LogP contribution >= 0.6 is 0 Å². The highest BCUT2D eigenvalue weighted by Crippen LogP contribution is 2.15. The summed E-state index contributed by atoms with van der Waals surface area (Å²) in [4.78, 5) is 33.3. The highest BCUT2D eigenvalue weighted by atomic mass is 16.5. The monoisotopic (exact) mass is 309 g/mol. The molecule has 22 heavy (non-hydrogen) atoms. The third-order valence-corrected chi connectivity index (χ3v) is 2.69. The summed E-state index contributed by atoms with van der Waals surface area (Å²) in [5, 5.41) is 10.9. The van der Waals surface area contributed by atoms with Gasteiger partial charge in [-0.1, -0.05) is 12.1 Å². The first-order valence-electron chi connectivity index (χ1n) is 6.75. The Bertz CT molecular complexity index is 543. The van der Waals surface area contributed by atoms with E-state index in [1.165, 1.54) is 6.92 Å². The predicted molar refractivity (Wildman–Crippen MR) is 78.0 cm³/mol. The van der Waals surface area contributed by atoms with Gasteiger partial charge in [0.15, 0.2) is 11.9 Å². The van der Waals surface area contributed by atoms with Crippen molar-refractivity contribution in [2.24, 2.45) is 0 Å². The Hall–Kier alpha value is -2.41. The largest absolute Gasteiger partial charge is 0.481 e. The molecule has 1 atom stereocenters. The molecule has 0 saturated carbocycles. The van der Waals surface area contributed by atoms with Gasteiger partial charge in [-0.3, -0.25) is 9.59 Å². The van der Waals surface area contributed by atoms with Crippen molar-refractivity contribution < 1.29 is 29.0 Å². The Morgan fingerprint density at radius 2 is 2.05 bits per heavy atom. The fourth-order valence-corrected chi connectivity index (χ4v) is 1.60. The summed E-state index contributed by atoms with van der Waals surface area (Å²) in [6.45, 7) is 2.91. The highest BCUT2D eigenvalue weighted by molar-refractivity contribution is 5.94. The first kappa shape index (κ1) is 17.6. The molecule has 0 aliphatic heterocycles. The number of hydrogen-bond acceptors (Lipinski definition) is 5. The first-order valence-corrected chi connectivity index (χ1v) is 6.75. The van der Waals surface area contributed by atoms with E-state index in [4.69, 9.17) is 14.6 Å². The lowest BCUT2D eigenvalue weighted by atomic mass is 10.1. The standard InChI is InChI=1S/C15H19NO6/c1-10(17)12-4-3-5-13(8-12)22-11(2)15(20)16-6-7-21-9-14(18)19/h3-5,8,11H,6-7,9H2,1-2H3,(H,16,20)(H,18,19). The fraction of sp³-hybridized carbons (Fsp3) is 0.400. The van der Waals surface area contributed by atoms with Crippen molar-refractivity contribution in [3.63, 3.8) is 0 Å². The molecule has 0 aromatic heterocycles. The molecule has 0 saturated heterocycles. The Morgan fingerprint density at radius 3 is 2.68 bits per heavy atom. The van der Waals surface area contributed by atoms with E-state index in [0.29, 0.717) is 11.3 Å². The first-order chi connectivity index (χ1) is 10.4. The van der Waals surface area contributed by atoms with Crippen molar-refractivity contribution in [1.29, 1.82) is 0 Å². The molecule has 1 amide bonds. The smallest absolute Gasteiger partial charge is 0.329 e. The molecule has 1 unspecified atom stereocenters. The second-order valence-electron chi connectivity index (χ2n) is 4.58. The number of nitrogens with one attached hydrogen (secondary N) is 1. The molecule has 0 fully saturated rings. The number of ether oxygens (including phenoxy) is 2. The molecule has 0 heterocycles. The van der Waals surface area contributed by atoms with E-state index >= 15 is 0 Å². The van der Waals surface area contributed by atoms with E-state index in [1.54, 1.807) is 31.2 Å². The molecule has 0 radical (unpaired) electrons. The van der Waals surface area contributed by atoms with Gasteiger partial charge < -0.3 is 19.9 Å². The van der Waals surface area contributed by atoms with Crippen molar-refractivity contribution in [2.45, 2.75) is 20.0 Å². The molecule has 120 valence electrons. The fourth-order valence-electron chi connectivity index (χ4n) is 1.60. The summed E-state index contributed by atoms with van der Waals surface area (Å²) in [5.74, 6) is -1.07. The summed E-state index contributed by atoms with van der Waals surface area (Å²) >= 11 is 0. The van der Waals surface area contributed by atoms with Crippen LogP contribution in [0.3, 0.4) is 0 Å². The number of Topliss-reactive ketones (excluding diaryl/α,β-unsaturated/α-hetero) is 1. The van der Waals surface area contributed by atoms with Gasteiger partial charge in [0.2, 0.25) is 0 Å². The van der Waals surface area contributed by atoms with Crippen molar-refractivity contribution in [3.8, 4) is 5.75 Å². The van der Waals surface area contributed by atoms with Crippen LogP contribution in [0, 0.1) is 0 Å². The van der Waals surface area contributed by atoms with Crippen molar-refractivity contribution >= 4 is 17.7 Å². The van der Waals surface area contributed by atoms with E-state index < -0.39 is 18.7 Å². The summed E-state index contributed by atoms with van der Waals surface area (Å²) in [6.07, 6.45) is -0.748. The number of amides is 1. The third kappa shape index (κ3) is 6.36. The van der Waals surface area contributed by atoms with Gasteiger partial charge in [0, 0.05) is 12.1 Å². The van der Waals surface area contributed by atoms with E-state index in [1.807, 2.05) is 0 Å². The van der Waals surface area contributed by atoms with E-state index in [-0.39, 0.29) is 24.8 Å². The molecule has 0 bridgehead atoms. The average Bonchev–Trinajstić information content (AvgIpc) is 2.46. The quantitative estimate of drug-likeness (QED) is 0.518. The maximum atomic E-state index is 11.8. The van der Waals surface area contributed by atoms with Crippen LogP contribution in [0.1, 0.15) is 24.2 Å². The Labute approximate surface area is 128 Å². The zero-order valence-corrected chi connectivity index (χ0v) is 12.5. The van der Waals surface area contributed by atoms with Crippen LogP contribution in [-0.2, 0) is 14.3 Å². The van der Waals surface area contributed by atoms with Gasteiger partial charge in [0.1, 0.15) is 12.4 Å². The average molecular weight is 309 g/mol. The molecular formula is C15H19NO6. The Balaban J connectivity index is 2.39. The second-order valence-corrected chi connectivity index (χ2v) is 4.58. The maximum absolute atomic E-state index is 11.8. The van der Waals surface area contributed by atoms with Crippen LogP contribution in [-0.4, -0.2) is 48.6 Å². The zero-order valence-electron chi connectivity index (χ0n) is 12.5. The minimum Gasteiger partial charge on any atom is -0.481 e. The number of rotatable bonds is 9. The molecule has 7 heteroatoms. The van der Waals surface area contributed by atoms with Gasteiger partial charge in [-0.05, 0) is 26.0 Å². The van der Waals surface area contributed by atoms with Crippen LogP contribution in [0.25, 0.3) is 0 Å². The van der Waals surface area contributed by atoms with Crippen LogP contribution in [0.2, 0.25) is 0 Å². The number of benzene rings is 1. The van der Waals surface area contributed by atoms with E-state index in [2.05, 4.69) is 5.32 Å². The number of aliphatic carboxylic acids is 1. The SMILES string of the molecule is CC(=O)c1cccc(OC(C)C(=O)NCCOCC(=O)O)c1. The lowest BCUT2D eigenvalue weighted by Crippen LogP contribution is -2.38. The number of carboxylic acids is 1. The van der Waals surface area contributed by atoms with E-state index in [9.17, 15) is 14.4 Å². The molecule has 7 nitrogen and oxygen atoms in total. The maximum Gasteiger partial charge on any atom is 0.329 e. The molecule has 1 aromatic rings. The summed E-state index contributed by atoms with van der Waals surface area (Å²) < 4.78 is 10.3. The Morgan fingerprint density at radius 1 is 1.32 bits per heavy atom. The van der Waals surface area contributed by atoms with Crippen molar-refractivity contribution in [2.75, 3.05) is 19.8 Å². The minimum atomic E-state index is -1.06. The predicted octanol–water partition coefficient (Wildman–Crippen LogP) is 0.874. The molecule has 2 N–H and O–H groups in total. The van der Waals surface area contributed by atoms with Gasteiger partial charge >= 0.3 is 5.97 Å². The van der Waals surface area contributed by atoms with E-state index in [0.717, 1.165) is 0 Å². The summed E-state index contributed by atoms with van der Waals surface area (Å²) in [6, 6.07) is 6.57. The van der Waals surface area contributed by atoms with Crippen LogP contribution in [0.4, 0.5) is 0 Å². The number of ketones is 1. The third-order valence-electron chi connectivity index (χ3n) is 2.69. The topological polar surface area (TPSA) is 102 Å². The molecule has 1 aromatic carbocycles. The molecule has 1 rings (SSSR count). The Kier molecular flexibility index (Phi) is 7.04. The van der Waals surface area contributed by atoms with Crippen molar-refractivity contribution in [3.05, 3.63) is 29.8 Å². The van der Waals surface area contributed by atoms with Crippen molar-refractivity contribution in [1.82, 2.24) is 5.32 Å². The van der Waals surface area contributed by atoms with Gasteiger partial charge in [0.25, 0.3) is 5.91 Å². The van der Waals surface area contributed by atoms with Crippen LogP contribution < -0.4 is 10.1 Å². The molecule has 0 spiro atoms. The van der Waals surface area contributed by atoms with Gasteiger partial charge in [0.05, 0.1) is 6.61 Å². The lowest BCUT2D eigenvalue weighted by molar-refractivity contribution is -0.142. The van der Waals surface area contributed by atoms with Crippen LogP contribution in [0.15, 0.2) is 24.3 Å². The number of carbonyl (C=O) groups excluding carboxylic acids is 2. The van der Waals surface area contributed by atoms with Gasteiger partial charge in [-0.25, -0.2) is 4.79 Å². The number of carbonyl (C=O) groups is 3. The van der Waals surface area contributed by atoms with Gasteiger partial charge in [-0.15, -0.1) is 0 Å². The molecule has 0 aliphatic rings. The molecule has 0 aliphatic carbocycles. The summed E-state index contributed by atoms with van der Waals surface area (Å²) in [5.41, 5.74) is 0.507. The van der Waals surface area contributed by atoms with Crippen LogP contribution in [0.5, 0.6) is 5.75 Å². The lowest BCUT2D eigenvalue weighted by Gasteiger charge is -2.15. The minimum absolute atomic E-state index is 0.0851. The number of hydrogen-bond donors (Lipinski definition) is 2. The molecular weight excluding hydrogens is 290 g/mol. The summed E-state index contributed by atoms with van der Waals surface area (Å²) in [7, 11) is 0. The highest BCUT2D eigenvalue weighted by Gasteiger charge is 2.14.